The molecule has 1 heterocycles. The van der Waals surface area contributed by atoms with E-state index in [1.54, 1.807) is 6.07 Å². The molecule has 1 nitrogen and oxygen atoms in total. The first-order valence-electron chi connectivity index (χ1n) is 16.7. The Hall–Kier alpha value is -5.14. The summed E-state index contributed by atoms with van der Waals surface area (Å²) in [6.45, 7) is 0. The molecule has 0 saturated heterocycles. The second-order valence-electron chi connectivity index (χ2n) is 9.47. The minimum absolute atomic E-state index is 0.168. The first-order valence-corrected chi connectivity index (χ1v) is 12.7. The summed E-state index contributed by atoms with van der Waals surface area (Å²) in [6, 6.07) is 27.2. The summed E-state index contributed by atoms with van der Waals surface area (Å²) in [4.78, 5) is 0. The number of para-hydroxylation sites is 1. The molecule has 0 bridgehead atoms. The molecule has 0 aliphatic rings. The molecule has 7 aromatic carbocycles. The molecular weight excluding hydrogens is 472 g/mol. The van der Waals surface area contributed by atoms with Crippen LogP contribution in [0.15, 0.2) is 150 Å². The highest BCUT2D eigenvalue weighted by Crippen LogP contribution is 2.46. The Morgan fingerprint density at radius 3 is 1.69 bits per heavy atom. The van der Waals surface area contributed by atoms with Crippen molar-refractivity contribution in [3.05, 3.63) is 145 Å². The van der Waals surface area contributed by atoms with Crippen LogP contribution in [0, 0.1) is 0 Å². The van der Waals surface area contributed by atoms with Gasteiger partial charge < -0.3 is 4.42 Å². The summed E-state index contributed by atoms with van der Waals surface area (Å²) in [7, 11) is 0. The monoisotopic (exact) mass is 504 g/mol. The Morgan fingerprint density at radius 1 is 0.410 bits per heavy atom. The van der Waals surface area contributed by atoms with Gasteiger partial charge in [-0.15, -0.1) is 0 Å². The zero-order valence-electron chi connectivity index (χ0n) is 28.6. The standard InChI is InChI=1S/C38H24O/c1-2-12-25(13-3-1)27-14-4-5-16-30(27)38-33-19-8-6-17-31(33)37(32-18-7-9-20-34(32)38)26-22-23-29-28-15-10-11-21-35(28)39-36(29)24-26/h1-24H/i6D,7D,8D,9D,17D,18D,19D,20D. The fraction of sp³-hybridized carbons (Fsp3) is 0. The summed E-state index contributed by atoms with van der Waals surface area (Å²) < 4.78 is 78.0. The lowest BCUT2D eigenvalue weighted by Gasteiger charge is -2.19. The van der Waals surface area contributed by atoms with Crippen molar-refractivity contribution in [2.75, 3.05) is 0 Å². The van der Waals surface area contributed by atoms with Crippen molar-refractivity contribution in [1.29, 1.82) is 0 Å². The highest BCUT2D eigenvalue weighted by atomic mass is 16.3. The van der Waals surface area contributed by atoms with Crippen LogP contribution in [0.1, 0.15) is 11.0 Å². The van der Waals surface area contributed by atoms with Gasteiger partial charge in [0.05, 0.1) is 11.0 Å². The van der Waals surface area contributed by atoms with E-state index in [1.807, 2.05) is 91.0 Å². The molecule has 8 rings (SSSR count). The van der Waals surface area contributed by atoms with Crippen molar-refractivity contribution >= 4 is 43.5 Å². The van der Waals surface area contributed by atoms with Crippen LogP contribution in [0.3, 0.4) is 0 Å². The molecule has 182 valence electrons. The van der Waals surface area contributed by atoms with Crippen LogP contribution in [0.4, 0.5) is 0 Å². The van der Waals surface area contributed by atoms with E-state index in [0.29, 0.717) is 27.9 Å². The van der Waals surface area contributed by atoms with E-state index in [9.17, 15) is 5.48 Å². The largest absolute Gasteiger partial charge is 0.456 e. The lowest BCUT2D eigenvalue weighted by molar-refractivity contribution is 0.669. The van der Waals surface area contributed by atoms with Crippen LogP contribution < -0.4 is 0 Å². The van der Waals surface area contributed by atoms with Gasteiger partial charge in [-0.2, -0.15) is 0 Å². The minimum Gasteiger partial charge on any atom is -0.456 e. The van der Waals surface area contributed by atoms with Crippen LogP contribution in [0.25, 0.3) is 76.9 Å². The number of fused-ring (bicyclic) bond motifs is 5. The highest BCUT2D eigenvalue weighted by molar-refractivity contribution is 6.23. The third-order valence-corrected chi connectivity index (χ3v) is 7.32. The second-order valence-corrected chi connectivity index (χ2v) is 9.47. The fourth-order valence-electron chi connectivity index (χ4n) is 5.63. The Labute approximate surface area is 237 Å². The van der Waals surface area contributed by atoms with E-state index >= 15 is 0 Å². The first kappa shape index (κ1) is 15.3. The summed E-state index contributed by atoms with van der Waals surface area (Å²) in [5, 5.41) is 2.47. The number of rotatable bonds is 3. The van der Waals surface area contributed by atoms with E-state index < -0.39 is 24.2 Å². The lowest BCUT2D eigenvalue weighted by atomic mass is 9.84. The molecule has 0 radical (unpaired) electrons. The van der Waals surface area contributed by atoms with Gasteiger partial charge in [-0.1, -0.05) is 127 Å². The summed E-state index contributed by atoms with van der Waals surface area (Å²) in [5.74, 6) is 0. The molecule has 0 amide bonds. The summed E-state index contributed by atoms with van der Waals surface area (Å²) in [5.41, 5.74) is 4.54. The second kappa shape index (κ2) is 8.72. The van der Waals surface area contributed by atoms with Gasteiger partial charge in [0.25, 0.3) is 0 Å². The van der Waals surface area contributed by atoms with E-state index in [-0.39, 0.29) is 51.3 Å². The Kier molecular flexibility index (Phi) is 3.42. The van der Waals surface area contributed by atoms with E-state index in [0.717, 1.165) is 21.9 Å². The van der Waals surface area contributed by atoms with Crippen molar-refractivity contribution in [3.8, 4) is 33.4 Å². The molecule has 0 unspecified atom stereocenters. The molecule has 8 aromatic rings. The molecule has 0 aliphatic carbocycles. The first-order chi connectivity index (χ1) is 22.7. The van der Waals surface area contributed by atoms with Crippen LogP contribution in [0.2, 0.25) is 0 Å². The minimum atomic E-state index is -0.434. The fourth-order valence-corrected chi connectivity index (χ4v) is 5.63. The van der Waals surface area contributed by atoms with Gasteiger partial charge in [-0.25, -0.2) is 0 Å². The van der Waals surface area contributed by atoms with Gasteiger partial charge >= 0.3 is 0 Å². The Morgan fingerprint density at radius 2 is 0.974 bits per heavy atom. The molecular formula is C38H24O. The topological polar surface area (TPSA) is 13.1 Å². The average molecular weight is 505 g/mol. The predicted molar refractivity (Wildman–Crippen MR) is 165 cm³/mol. The number of hydrogen-bond donors (Lipinski definition) is 0. The maximum absolute atomic E-state index is 9.25. The third kappa shape index (κ3) is 3.41. The molecule has 1 aromatic heterocycles. The van der Waals surface area contributed by atoms with Crippen molar-refractivity contribution in [2.24, 2.45) is 0 Å². The molecule has 0 spiro atoms. The normalized spacial score (nSPS) is 14.5. The van der Waals surface area contributed by atoms with Crippen molar-refractivity contribution in [2.45, 2.75) is 0 Å². The van der Waals surface area contributed by atoms with Crippen LogP contribution in [-0.4, -0.2) is 0 Å². The zero-order chi connectivity index (χ0) is 32.7. The van der Waals surface area contributed by atoms with E-state index in [1.165, 1.54) is 0 Å². The number of benzene rings is 7. The maximum Gasteiger partial charge on any atom is 0.136 e. The Balaban J connectivity index is 1.65. The quantitative estimate of drug-likeness (QED) is 0.218. The van der Waals surface area contributed by atoms with Crippen molar-refractivity contribution in [1.82, 2.24) is 0 Å². The maximum atomic E-state index is 9.25. The van der Waals surface area contributed by atoms with Gasteiger partial charge in [-0.05, 0) is 73.1 Å². The van der Waals surface area contributed by atoms with Crippen LogP contribution >= 0.6 is 0 Å². The highest BCUT2D eigenvalue weighted by Gasteiger charge is 2.19. The SMILES string of the molecule is [2H]c1c([2H])c([2H])c2c(-c3ccccc3-c3ccccc3)c3c([2H])c([2H])c([2H])c([2H])c3c(-c3ccc4c(c3)oc3ccccc34)c2c1[2H]. The van der Waals surface area contributed by atoms with Crippen LogP contribution in [-0.2, 0) is 0 Å². The molecule has 0 fully saturated rings. The molecule has 0 atom stereocenters. The van der Waals surface area contributed by atoms with E-state index in [2.05, 4.69) is 0 Å². The van der Waals surface area contributed by atoms with Gasteiger partial charge in [0.15, 0.2) is 0 Å². The van der Waals surface area contributed by atoms with Gasteiger partial charge in [0.2, 0.25) is 0 Å². The number of furan rings is 1. The van der Waals surface area contributed by atoms with Gasteiger partial charge in [0, 0.05) is 10.8 Å². The molecule has 0 saturated carbocycles. The number of hydrogen-bond acceptors (Lipinski definition) is 1. The Bertz CT molecular complexity index is 2530. The van der Waals surface area contributed by atoms with Crippen molar-refractivity contribution in [3.63, 3.8) is 0 Å². The predicted octanol–water partition coefficient (Wildman–Crippen LogP) is 10.9. The smallest absolute Gasteiger partial charge is 0.136 e. The molecule has 1 heteroatoms. The van der Waals surface area contributed by atoms with Gasteiger partial charge in [-0.3, -0.25) is 0 Å². The molecule has 0 aliphatic heterocycles. The third-order valence-electron chi connectivity index (χ3n) is 7.32. The zero-order valence-corrected chi connectivity index (χ0v) is 20.6. The summed E-state index contributed by atoms with van der Waals surface area (Å²) >= 11 is 0. The van der Waals surface area contributed by atoms with E-state index in [4.69, 9.17) is 9.90 Å². The average Bonchev–Trinajstić information content (AvgIpc) is 3.48. The summed E-state index contributed by atoms with van der Waals surface area (Å²) in [6.07, 6.45) is 0. The molecule has 0 N–H and O–H groups in total. The molecule has 39 heavy (non-hydrogen) atoms. The van der Waals surface area contributed by atoms with Crippen molar-refractivity contribution < 1.29 is 15.4 Å². The van der Waals surface area contributed by atoms with Crippen LogP contribution in [0.5, 0.6) is 0 Å². The lowest BCUT2D eigenvalue weighted by Crippen LogP contribution is -1.92. The van der Waals surface area contributed by atoms with Gasteiger partial charge in [0.1, 0.15) is 11.2 Å².